The second-order valence-electron chi connectivity index (χ2n) is 6.97. The van der Waals surface area contributed by atoms with Crippen LogP contribution in [0, 0.1) is 5.92 Å². The van der Waals surface area contributed by atoms with Crippen LogP contribution >= 0.6 is 0 Å². The summed E-state index contributed by atoms with van der Waals surface area (Å²) in [5, 5.41) is 4.62. The molecule has 144 valence electrons. The fraction of sp³-hybridized carbons (Fsp3) is 0.650. The first-order valence-electron chi connectivity index (χ1n) is 9.64. The Morgan fingerprint density at radius 2 is 1.88 bits per heavy atom. The molecule has 2 unspecified atom stereocenters. The number of piperidine rings is 1. The van der Waals surface area contributed by atoms with Crippen molar-refractivity contribution in [2.45, 2.75) is 39.2 Å². The number of nitrogens with zero attached hydrogens (tertiary/aromatic N) is 2. The summed E-state index contributed by atoms with van der Waals surface area (Å²) in [6, 6.07) is 4.26. The van der Waals surface area contributed by atoms with Gasteiger partial charge < -0.3 is 24.5 Å². The van der Waals surface area contributed by atoms with Crippen LogP contribution in [0.5, 0.6) is 17.2 Å². The van der Waals surface area contributed by atoms with E-state index in [9.17, 15) is 0 Å². The van der Waals surface area contributed by atoms with Crippen LogP contribution in [0.3, 0.4) is 0 Å². The molecule has 2 atom stereocenters. The van der Waals surface area contributed by atoms with Gasteiger partial charge in [0.25, 0.3) is 0 Å². The third-order valence-electron chi connectivity index (χ3n) is 5.15. The van der Waals surface area contributed by atoms with E-state index in [1.54, 1.807) is 14.2 Å². The van der Waals surface area contributed by atoms with Crippen molar-refractivity contribution in [2.24, 2.45) is 11.0 Å². The zero-order chi connectivity index (χ0) is 18.5. The normalized spacial score (nSPS) is 22.4. The number of fused-ring (bicyclic) bond motifs is 1. The van der Waals surface area contributed by atoms with Crippen molar-refractivity contribution in [2.75, 3.05) is 40.5 Å². The summed E-state index contributed by atoms with van der Waals surface area (Å²) < 4.78 is 17.1. The lowest BCUT2D eigenvalue weighted by atomic mass is 9.86. The molecule has 1 fully saturated rings. The van der Waals surface area contributed by atoms with E-state index in [0.717, 1.165) is 38.0 Å². The van der Waals surface area contributed by atoms with E-state index in [2.05, 4.69) is 41.4 Å². The van der Waals surface area contributed by atoms with Crippen molar-refractivity contribution in [1.82, 2.24) is 10.3 Å². The highest BCUT2D eigenvalue weighted by Crippen LogP contribution is 2.42. The van der Waals surface area contributed by atoms with Crippen LogP contribution in [-0.4, -0.2) is 51.1 Å². The third-order valence-corrected chi connectivity index (χ3v) is 5.15. The van der Waals surface area contributed by atoms with Crippen molar-refractivity contribution >= 4 is 5.71 Å². The van der Waals surface area contributed by atoms with Gasteiger partial charge in [-0.2, -0.15) is 5.10 Å². The van der Waals surface area contributed by atoms with E-state index < -0.39 is 0 Å². The molecule has 6 heteroatoms. The lowest BCUT2D eigenvalue weighted by Crippen LogP contribution is -2.42. The molecule has 1 aromatic rings. The van der Waals surface area contributed by atoms with Gasteiger partial charge in [0.05, 0.1) is 26.9 Å². The average molecular weight is 361 g/mol. The molecule has 1 N–H and O–H groups in total. The molecule has 0 bridgehead atoms. The van der Waals surface area contributed by atoms with Gasteiger partial charge in [-0.1, -0.05) is 13.8 Å². The molecule has 1 aromatic carbocycles. The monoisotopic (exact) mass is 361 g/mol. The van der Waals surface area contributed by atoms with Gasteiger partial charge in [0.15, 0.2) is 11.5 Å². The molecule has 0 aromatic heterocycles. The minimum atomic E-state index is 0.146. The first kappa shape index (κ1) is 18.8. The number of ether oxygens (including phenoxy) is 3. The number of hydrazone groups is 1. The molecule has 3 rings (SSSR count). The van der Waals surface area contributed by atoms with E-state index in [-0.39, 0.29) is 6.04 Å². The largest absolute Gasteiger partial charge is 0.493 e. The SMILES string of the molecule is CCCOc1c(OC)cc(C2NN=C3CCN(CCC)CC32)cc1OC. The summed E-state index contributed by atoms with van der Waals surface area (Å²) in [5.74, 6) is 2.50. The smallest absolute Gasteiger partial charge is 0.203 e. The highest BCUT2D eigenvalue weighted by Gasteiger charge is 2.37. The summed E-state index contributed by atoms with van der Waals surface area (Å²) in [6.07, 6.45) is 3.16. The number of nitrogens with one attached hydrogen (secondary N) is 1. The number of hydrogen-bond acceptors (Lipinski definition) is 6. The van der Waals surface area contributed by atoms with Gasteiger partial charge in [-0.05, 0) is 37.1 Å². The number of likely N-dealkylation sites (tertiary alicyclic amines) is 1. The lowest BCUT2D eigenvalue weighted by molar-refractivity contribution is 0.227. The predicted molar refractivity (Wildman–Crippen MR) is 103 cm³/mol. The number of hydrogen-bond donors (Lipinski definition) is 1. The number of methoxy groups -OCH3 is 2. The van der Waals surface area contributed by atoms with Crippen LogP contribution in [-0.2, 0) is 0 Å². The predicted octanol–water partition coefficient (Wildman–Crippen LogP) is 3.22. The Morgan fingerprint density at radius 3 is 2.50 bits per heavy atom. The fourth-order valence-corrected chi connectivity index (χ4v) is 3.86. The van der Waals surface area contributed by atoms with Crippen LogP contribution in [0.4, 0.5) is 0 Å². The van der Waals surface area contributed by atoms with Crippen LogP contribution in [0.2, 0.25) is 0 Å². The molecule has 0 saturated carbocycles. The van der Waals surface area contributed by atoms with E-state index in [0.29, 0.717) is 29.8 Å². The molecule has 2 aliphatic rings. The maximum atomic E-state index is 5.87. The Kier molecular flexibility index (Phi) is 6.25. The highest BCUT2D eigenvalue weighted by molar-refractivity contribution is 5.90. The van der Waals surface area contributed by atoms with Gasteiger partial charge in [0.1, 0.15) is 0 Å². The summed E-state index contributed by atoms with van der Waals surface area (Å²) in [7, 11) is 3.34. The fourth-order valence-electron chi connectivity index (χ4n) is 3.86. The minimum absolute atomic E-state index is 0.146. The molecule has 26 heavy (non-hydrogen) atoms. The maximum absolute atomic E-state index is 5.87. The van der Waals surface area contributed by atoms with Gasteiger partial charge in [-0.25, -0.2) is 0 Å². The van der Waals surface area contributed by atoms with E-state index in [1.807, 2.05) is 0 Å². The van der Waals surface area contributed by atoms with Gasteiger partial charge in [-0.15, -0.1) is 0 Å². The second kappa shape index (κ2) is 8.62. The molecular formula is C20H31N3O3. The minimum Gasteiger partial charge on any atom is -0.493 e. The highest BCUT2D eigenvalue weighted by atomic mass is 16.5. The first-order valence-corrected chi connectivity index (χ1v) is 9.64. The zero-order valence-corrected chi connectivity index (χ0v) is 16.4. The summed E-state index contributed by atoms with van der Waals surface area (Å²) in [5.41, 5.74) is 5.77. The number of rotatable bonds is 8. The van der Waals surface area contributed by atoms with E-state index in [4.69, 9.17) is 14.2 Å². The Hall–Kier alpha value is -1.95. The zero-order valence-electron chi connectivity index (χ0n) is 16.4. The quantitative estimate of drug-likeness (QED) is 0.770. The summed E-state index contributed by atoms with van der Waals surface area (Å²) in [4.78, 5) is 2.54. The van der Waals surface area contributed by atoms with Gasteiger partial charge in [-0.3, -0.25) is 0 Å². The summed E-state index contributed by atoms with van der Waals surface area (Å²) >= 11 is 0. The van der Waals surface area contributed by atoms with Crippen molar-refractivity contribution in [3.05, 3.63) is 17.7 Å². The van der Waals surface area contributed by atoms with Crippen molar-refractivity contribution < 1.29 is 14.2 Å². The third kappa shape index (κ3) is 3.75. The maximum Gasteiger partial charge on any atom is 0.203 e. The molecule has 0 aliphatic carbocycles. The Balaban J connectivity index is 1.86. The molecule has 0 amide bonds. The molecule has 0 radical (unpaired) electrons. The van der Waals surface area contributed by atoms with Crippen molar-refractivity contribution in [3.63, 3.8) is 0 Å². The van der Waals surface area contributed by atoms with Crippen LogP contribution in [0.25, 0.3) is 0 Å². The molecular weight excluding hydrogens is 330 g/mol. The number of benzene rings is 1. The summed E-state index contributed by atoms with van der Waals surface area (Å²) in [6.45, 7) is 8.25. The first-order chi connectivity index (χ1) is 12.7. The Bertz CT molecular complexity index is 622. The molecule has 1 saturated heterocycles. The van der Waals surface area contributed by atoms with Crippen LogP contribution in [0.15, 0.2) is 17.2 Å². The second-order valence-corrected chi connectivity index (χ2v) is 6.97. The van der Waals surface area contributed by atoms with Crippen molar-refractivity contribution in [3.8, 4) is 17.2 Å². The molecule has 2 heterocycles. The van der Waals surface area contributed by atoms with Crippen molar-refractivity contribution in [1.29, 1.82) is 0 Å². The molecule has 6 nitrogen and oxygen atoms in total. The average Bonchev–Trinajstić information content (AvgIpc) is 3.09. The standard InChI is InChI=1S/C20H31N3O3/c1-5-8-23-9-7-16-15(13-23)19(22-21-16)14-11-17(24-3)20(26-10-6-2)18(12-14)25-4/h11-12,15,19,22H,5-10,13H2,1-4H3. The topological polar surface area (TPSA) is 55.3 Å². The van der Waals surface area contributed by atoms with Crippen LogP contribution in [0.1, 0.15) is 44.7 Å². The van der Waals surface area contributed by atoms with Gasteiger partial charge >= 0.3 is 0 Å². The Labute approximate surface area is 156 Å². The lowest BCUT2D eigenvalue weighted by Gasteiger charge is -2.33. The van der Waals surface area contributed by atoms with Crippen LogP contribution < -0.4 is 19.6 Å². The van der Waals surface area contributed by atoms with Gasteiger partial charge in [0.2, 0.25) is 5.75 Å². The molecule has 2 aliphatic heterocycles. The van der Waals surface area contributed by atoms with E-state index >= 15 is 0 Å². The van der Waals surface area contributed by atoms with Gasteiger partial charge in [0, 0.05) is 31.1 Å². The van der Waals surface area contributed by atoms with E-state index in [1.165, 1.54) is 12.1 Å². The Morgan fingerprint density at radius 1 is 1.15 bits per heavy atom. The molecule has 0 spiro atoms.